The second-order valence-electron chi connectivity index (χ2n) is 7.64. The van der Waals surface area contributed by atoms with Gasteiger partial charge in [0.15, 0.2) is 5.43 Å². The number of hydrogen-bond donors (Lipinski definition) is 1. The Morgan fingerprint density at radius 2 is 1.42 bits per heavy atom. The van der Waals surface area contributed by atoms with E-state index in [1.807, 2.05) is 77.4 Å². The lowest BCUT2D eigenvalue weighted by Gasteiger charge is -2.28. The number of amides is 1. The Hall–Kier alpha value is -3.64. The lowest BCUT2D eigenvalue weighted by Crippen LogP contribution is -2.36. The molecule has 1 amide bonds. The molecule has 4 aromatic rings. The standard InChI is InChI=1S/C25H23N3O3/c29-24(26-18-9-11-19(12-10-18)27-13-15-31-16-14-27)17-28-22-7-3-1-5-20(22)25(30)21-6-2-4-8-23(21)28/h1-12H,13-17H2,(H,26,29). The number of aromatic nitrogens is 1. The number of para-hydroxylation sites is 2. The molecular formula is C25H23N3O3. The Morgan fingerprint density at radius 3 is 2.03 bits per heavy atom. The highest BCUT2D eigenvalue weighted by molar-refractivity contribution is 5.97. The molecule has 2 heterocycles. The van der Waals surface area contributed by atoms with Crippen molar-refractivity contribution in [3.63, 3.8) is 0 Å². The highest BCUT2D eigenvalue weighted by Gasteiger charge is 2.14. The maximum atomic E-state index is 12.9. The summed E-state index contributed by atoms with van der Waals surface area (Å²) in [4.78, 5) is 28.0. The van der Waals surface area contributed by atoms with E-state index in [0.717, 1.165) is 48.7 Å². The average molecular weight is 413 g/mol. The molecule has 6 nitrogen and oxygen atoms in total. The second-order valence-corrected chi connectivity index (χ2v) is 7.64. The molecule has 1 aromatic heterocycles. The van der Waals surface area contributed by atoms with Crippen LogP contribution in [0.3, 0.4) is 0 Å². The van der Waals surface area contributed by atoms with Gasteiger partial charge >= 0.3 is 0 Å². The van der Waals surface area contributed by atoms with E-state index >= 15 is 0 Å². The van der Waals surface area contributed by atoms with Crippen LogP contribution < -0.4 is 15.6 Å². The van der Waals surface area contributed by atoms with Gasteiger partial charge in [-0.3, -0.25) is 9.59 Å². The van der Waals surface area contributed by atoms with Crippen molar-refractivity contribution < 1.29 is 9.53 Å². The van der Waals surface area contributed by atoms with Gasteiger partial charge in [0.1, 0.15) is 6.54 Å². The molecule has 1 aliphatic rings. The van der Waals surface area contributed by atoms with Crippen LogP contribution in [-0.4, -0.2) is 36.8 Å². The predicted octanol–water partition coefficient (Wildman–Crippen LogP) is 3.63. The minimum absolute atomic E-state index is 0.0124. The van der Waals surface area contributed by atoms with Gasteiger partial charge in [0.2, 0.25) is 5.91 Å². The number of fused-ring (bicyclic) bond motifs is 2. The van der Waals surface area contributed by atoms with Crippen LogP contribution in [0.15, 0.2) is 77.6 Å². The third kappa shape index (κ3) is 3.78. The minimum atomic E-state index is -0.141. The molecular weight excluding hydrogens is 390 g/mol. The fourth-order valence-electron chi connectivity index (χ4n) is 4.17. The molecule has 0 unspecified atom stereocenters. The quantitative estimate of drug-likeness (QED) is 0.519. The zero-order valence-electron chi connectivity index (χ0n) is 17.1. The number of carbonyl (C=O) groups is 1. The summed E-state index contributed by atoms with van der Waals surface area (Å²) in [5.74, 6) is -0.141. The number of pyridine rings is 1. The van der Waals surface area contributed by atoms with Crippen LogP contribution >= 0.6 is 0 Å². The smallest absolute Gasteiger partial charge is 0.244 e. The van der Waals surface area contributed by atoms with Crippen LogP contribution in [0.1, 0.15) is 0 Å². The Morgan fingerprint density at radius 1 is 0.839 bits per heavy atom. The molecule has 1 N–H and O–H groups in total. The van der Waals surface area contributed by atoms with Gasteiger partial charge < -0.3 is 19.5 Å². The van der Waals surface area contributed by atoms with Crippen molar-refractivity contribution in [3.05, 3.63) is 83.0 Å². The first-order chi connectivity index (χ1) is 15.2. The van der Waals surface area contributed by atoms with Gasteiger partial charge in [0.05, 0.1) is 24.2 Å². The summed E-state index contributed by atoms with van der Waals surface area (Å²) in [5, 5.41) is 4.21. The first-order valence-electron chi connectivity index (χ1n) is 10.4. The average Bonchev–Trinajstić information content (AvgIpc) is 2.83. The highest BCUT2D eigenvalue weighted by atomic mass is 16.5. The van der Waals surface area contributed by atoms with Crippen LogP contribution in [-0.2, 0) is 16.1 Å². The van der Waals surface area contributed by atoms with Crippen molar-refractivity contribution in [2.24, 2.45) is 0 Å². The molecule has 0 spiro atoms. The number of ether oxygens (including phenoxy) is 1. The van der Waals surface area contributed by atoms with Crippen LogP contribution in [0.4, 0.5) is 11.4 Å². The SMILES string of the molecule is O=C(Cn1c2ccccc2c(=O)c2ccccc21)Nc1ccc(N2CCOCC2)cc1. The molecule has 156 valence electrons. The van der Waals surface area contributed by atoms with Crippen molar-refractivity contribution >= 4 is 39.1 Å². The summed E-state index contributed by atoms with van der Waals surface area (Å²) in [6.45, 7) is 3.34. The van der Waals surface area contributed by atoms with E-state index in [9.17, 15) is 9.59 Å². The Kier molecular flexibility index (Phi) is 5.14. The third-order valence-electron chi connectivity index (χ3n) is 5.71. The van der Waals surface area contributed by atoms with Crippen molar-refractivity contribution in [1.82, 2.24) is 4.57 Å². The molecule has 0 aliphatic carbocycles. The van der Waals surface area contributed by atoms with E-state index in [4.69, 9.17) is 4.74 Å². The number of rotatable bonds is 4. The van der Waals surface area contributed by atoms with E-state index in [1.165, 1.54) is 0 Å². The van der Waals surface area contributed by atoms with Crippen LogP contribution in [0, 0.1) is 0 Å². The maximum absolute atomic E-state index is 12.9. The summed E-state index contributed by atoms with van der Waals surface area (Å²) in [5.41, 5.74) is 3.37. The predicted molar refractivity (Wildman–Crippen MR) is 124 cm³/mol. The third-order valence-corrected chi connectivity index (χ3v) is 5.71. The molecule has 1 aliphatic heterocycles. The van der Waals surface area contributed by atoms with E-state index in [0.29, 0.717) is 10.8 Å². The summed E-state index contributed by atoms with van der Waals surface area (Å²) in [7, 11) is 0. The van der Waals surface area contributed by atoms with Crippen LogP contribution in [0.2, 0.25) is 0 Å². The first kappa shape index (κ1) is 19.3. The number of nitrogens with zero attached hydrogens (tertiary/aromatic N) is 2. The fourth-order valence-corrected chi connectivity index (χ4v) is 4.17. The summed E-state index contributed by atoms with van der Waals surface area (Å²) in [6.07, 6.45) is 0. The lowest BCUT2D eigenvalue weighted by atomic mass is 10.1. The van der Waals surface area contributed by atoms with Gasteiger partial charge in [-0.25, -0.2) is 0 Å². The maximum Gasteiger partial charge on any atom is 0.244 e. The topological polar surface area (TPSA) is 63.6 Å². The minimum Gasteiger partial charge on any atom is -0.378 e. The van der Waals surface area contributed by atoms with Gasteiger partial charge in [-0.05, 0) is 48.5 Å². The van der Waals surface area contributed by atoms with Gasteiger partial charge in [0.25, 0.3) is 0 Å². The molecule has 1 fully saturated rings. The van der Waals surface area contributed by atoms with Crippen molar-refractivity contribution in [1.29, 1.82) is 0 Å². The van der Waals surface area contributed by atoms with E-state index in [1.54, 1.807) is 0 Å². The second kappa shape index (κ2) is 8.24. The number of nitrogens with one attached hydrogen (secondary N) is 1. The molecule has 0 saturated carbocycles. The summed E-state index contributed by atoms with van der Waals surface area (Å²) < 4.78 is 7.31. The van der Waals surface area contributed by atoms with Crippen molar-refractivity contribution in [3.8, 4) is 0 Å². The molecule has 0 bridgehead atoms. The van der Waals surface area contributed by atoms with Gasteiger partial charge in [-0.1, -0.05) is 24.3 Å². The van der Waals surface area contributed by atoms with Crippen molar-refractivity contribution in [2.45, 2.75) is 6.54 Å². The molecule has 5 rings (SSSR count). The zero-order valence-corrected chi connectivity index (χ0v) is 17.1. The molecule has 3 aromatic carbocycles. The number of morpholine rings is 1. The molecule has 6 heteroatoms. The zero-order chi connectivity index (χ0) is 21.2. The van der Waals surface area contributed by atoms with Crippen molar-refractivity contribution in [2.75, 3.05) is 36.5 Å². The molecule has 0 atom stereocenters. The Balaban J connectivity index is 1.41. The molecule has 1 saturated heterocycles. The van der Waals surface area contributed by atoms with Crippen LogP contribution in [0.5, 0.6) is 0 Å². The summed E-state index contributed by atoms with van der Waals surface area (Å²) in [6, 6.07) is 22.7. The van der Waals surface area contributed by atoms with Crippen LogP contribution in [0.25, 0.3) is 21.8 Å². The lowest BCUT2D eigenvalue weighted by molar-refractivity contribution is -0.116. The number of hydrogen-bond acceptors (Lipinski definition) is 4. The van der Waals surface area contributed by atoms with E-state index < -0.39 is 0 Å². The Labute approximate surface area is 179 Å². The normalized spacial score (nSPS) is 14.1. The number of anilines is 2. The number of benzene rings is 3. The number of carbonyl (C=O) groups excluding carboxylic acids is 1. The fraction of sp³-hybridized carbons (Fsp3) is 0.200. The Bertz CT molecular complexity index is 1250. The van der Waals surface area contributed by atoms with Gasteiger partial charge in [-0.2, -0.15) is 0 Å². The summed E-state index contributed by atoms with van der Waals surface area (Å²) >= 11 is 0. The van der Waals surface area contributed by atoms with E-state index in [2.05, 4.69) is 10.2 Å². The largest absolute Gasteiger partial charge is 0.378 e. The molecule has 0 radical (unpaired) electrons. The monoisotopic (exact) mass is 413 g/mol. The first-order valence-corrected chi connectivity index (χ1v) is 10.4. The molecule has 31 heavy (non-hydrogen) atoms. The van der Waals surface area contributed by atoms with Gasteiger partial charge in [-0.15, -0.1) is 0 Å². The highest BCUT2D eigenvalue weighted by Crippen LogP contribution is 2.21. The van der Waals surface area contributed by atoms with Gasteiger partial charge in [0, 0.05) is 35.2 Å². The van der Waals surface area contributed by atoms with E-state index in [-0.39, 0.29) is 17.9 Å².